The van der Waals surface area contributed by atoms with Gasteiger partial charge in [-0.3, -0.25) is 4.79 Å². The third-order valence-electron chi connectivity index (χ3n) is 3.03. The number of nitrogens with zero attached hydrogens (tertiary/aromatic N) is 1. The van der Waals surface area contributed by atoms with E-state index < -0.39 is 23.8 Å². The Morgan fingerprint density at radius 3 is 2.85 bits per heavy atom. The van der Waals surface area contributed by atoms with E-state index in [0.717, 1.165) is 6.07 Å². The molecule has 6 nitrogen and oxygen atoms in total. The van der Waals surface area contributed by atoms with Crippen molar-refractivity contribution in [3.8, 4) is 5.75 Å². The van der Waals surface area contributed by atoms with Crippen molar-refractivity contribution in [2.75, 3.05) is 26.8 Å². The molecule has 2 rings (SSSR count). The van der Waals surface area contributed by atoms with Gasteiger partial charge in [-0.25, -0.2) is 9.18 Å². The van der Waals surface area contributed by atoms with Gasteiger partial charge in [-0.1, -0.05) is 0 Å². The summed E-state index contributed by atoms with van der Waals surface area (Å²) in [5.74, 6) is -2.14. The number of carboxylic acid groups (broad SMARTS) is 1. The van der Waals surface area contributed by atoms with E-state index in [9.17, 15) is 14.0 Å². The monoisotopic (exact) mass is 283 g/mol. The Hall–Kier alpha value is -2.15. The summed E-state index contributed by atoms with van der Waals surface area (Å²) in [6.45, 7) is 0.361. The number of carbonyl (C=O) groups is 2. The Morgan fingerprint density at radius 1 is 1.50 bits per heavy atom. The fourth-order valence-corrected chi connectivity index (χ4v) is 1.97. The van der Waals surface area contributed by atoms with Gasteiger partial charge in [0.05, 0.1) is 20.3 Å². The number of ether oxygens (including phenoxy) is 2. The molecule has 20 heavy (non-hydrogen) atoms. The smallest absolute Gasteiger partial charge is 0.334 e. The summed E-state index contributed by atoms with van der Waals surface area (Å²) in [5.41, 5.74) is 0.148. The number of carbonyl (C=O) groups excluding carboxylic acids is 1. The van der Waals surface area contributed by atoms with E-state index in [1.165, 1.54) is 24.1 Å². The summed E-state index contributed by atoms with van der Waals surface area (Å²) in [5, 5.41) is 8.88. The number of morpholine rings is 1. The molecule has 0 spiro atoms. The summed E-state index contributed by atoms with van der Waals surface area (Å²) in [6, 6.07) is 3.87. The van der Waals surface area contributed by atoms with Gasteiger partial charge in [0, 0.05) is 12.1 Å². The molecule has 1 saturated heterocycles. The number of methoxy groups -OCH3 is 1. The van der Waals surface area contributed by atoms with Crippen LogP contribution < -0.4 is 4.74 Å². The third-order valence-corrected chi connectivity index (χ3v) is 3.03. The molecule has 1 fully saturated rings. The first-order chi connectivity index (χ1) is 9.52. The van der Waals surface area contributed by atoms with Gasteiger partial charge >= 0.3 is 5.97 Å². The molecule has 0 radical (unpaired) electrons. The molecule has 1 aromatic carbocycles. The van der Waals surface area contributed by atoms with Gasteiger partial charge in [-0.05, 0) is 18.2 Å². The van der Waals surface area contributed by atoms with Gasteiger partial charge in [-0.15, -0.1) is 0 Å². The molecule has 1 amide bonds. The minimum absolute atomic E-state index is 0.0481. The lowest BCUT2D eigenvalue weighted by Gasteiger charge is -2.30. The normalized spacial score (nSPS) is 18.7. The fourth-order valence-electron chi connectivity index (χ4n) is 1.97. The molecular formula is C13H14FNO5. The molecule has 1 N–H and O–H groups in total. The van der Waals surface area contributed by atoms with Crippen molar-refractivity contribution in [2.45, 2.75) is 6.10 Å². The molecule has 1 atom stereocenters. The number of hydrogen-bond donors (Lipinski definition) is 1. The van der Waals surface area contributed by atoms with Crippen molar-refractivity contribution in [3.05, 3.63) is 29.6 Å². The van der Waals surface area contributed by atoms with Crippen LogP contribution in [0.25, 0.3) is 0 Å². The van der Waals surface area contributed by atoms with E-state index in [1.54, 1.807) is 0 Å². The van der Waals surface area contributed by atoms with Crippen LogP contribution in [0.2, 0.25) is 0 Å². The summed E-state index contributed by atoms with van der Waals surface area (Å²) < 4.78 is 23.4. The maximum atomic E-state index is 13.6. The van der Waals surface area contributed by atoms with Gasteiger partial charge in [0.15, 0.2) is 17.7 Å². The zero-order valence-electron chi connectivity index (χ0n) is 10.8. The topological polar surface area (TPSA) is 76.1 Å². The Labute approximate surface area is 114 Å². The Kier molecular flexibility index (Phi) is 4.19. The molecule has 0 bridgehead atoms. The summed E-state index contributed by atoms with van der Waals surface area (Å²) >= 11 is 0. The quantitative estimate of drug-likeness (QED) is 0.886. The van der Waals surface area contributed by atoms with Crippen LogP contribution in [0, 0.1) is 5.82 Å². The average Bonchev–Trinajstić information content (AvgIpc) is 2.46. The number of aliphatic carboxylic acids is 1. The van der Waals surface area contributed by atoms with Crippen LogP contribution in [-0.4, -0.2) is 54.8 Å². The molecular weight excluding hydrogens is 269 g/mol. The lowest BCUT2D eigenvalue weighted by Crippen LogP contribution is -2.48. The molecule has 1 heterocycles. The number of carboxylic acids is 1. The van der Waals surface area contributed by atoms with Crippen LogP contribution in [0.3, 0.4) is 0 Å². The standard InChI is InChI=1S/C13H14FNO5/c1-19-10-3-2-8(6-9(10)14)12(16)15-4-5-20-11(7-15)13(17)18/h2-3,6,11H,4-5,7H2,1H3,(H,17,18). The van der Waals surface area contributed by atoms with Crippen LogP contribution >= 0.6 is 0 Å². The van der Waals surface area contributed by atoms with Gasteiger partial charge in [-0.2, -0.15) is 0 Å². The van der Waals surface area contributed by atoms with Crippen molar-refractivity contribution in [1.29, 1.82) is 0 Å². The minimum Gasteiger partial charge on any atom is -0.494 e. The first kappa shape index (κ1) is 14.3. The highest BCUT2D eigenvalue weighted by molar-refractivity contribution is 5.94. The van der Waals surface area contributed by atoms with Gasteiger partial charge in [0.1, 0.15) is 0 Å². The second-order valence-corrected chi connectivity index (χ2v) is 4.30. The second-order valence-electron chi connectivity index (χ2n) is 4.30. The number of rotatable bonds is 3. The predicted molar refractivity (Wildman–Crippen MR) is 66.2 cm³/mol. The molecule has 0 aliphatic carbocycles. The molecule has 1 aromatic rings. The molecule has 7 heteroatoms. The van der Waals surface area contributed by atoms with Crippen molar-refractivity contribution < 1.29 is 28.6 Å². The van der Waals surface area contributed by atoms with Gasteiger partial charge in [0.2, 0.25) is 0 Å². The molecule has 1 aliphatic heterocycles. The lowest BCUT2D eigenvalue weighted by molar-refractivity contribution is -0.154. The van der Waals surface area contributed by atoms with Crippen LogP contribution in [0.1, 0.15) is 10.4 Å². The molecule has 0 aromatic heterocycles. The van der Waals surface area contributed by atoms with Crippen LogP contribution in [0.4, 0.5) is 4.39 Å². The zero-order chi connectivity index (χ0) is 14.7. The second kappa shape index (κ2) is 5.87. The number of hydrogen-bond acceptors (Lipinski definition) is 4. The third kappa shape index (κ3) is 2.88. The Morgan fingerprint density at radius 2 is 2.25 bits per heavy atom. The van der Waals surface area contributed by atoms with E-state index >= 15 is 0 Å². The fraction of sp³-hybridized carbons (Fsp3) is 0.385. The highest BCUT2D eigenvalue weighted by Crippen LogP contribution is 2.19. The van der Waals surface area contributed by atoms with E-state index in [2.05, 4.69) is 0 Å². The Bertz CT molecular complexity index is 533. The predicted octanol–water partition coefficient (Wildman–Crippen LogP) is 0.760. The van der Waals surface area contributed by atoms with E-state index in [-0.39, 0.29) is 31.0 Å². The highest BCUT2D eigenvalue weighted by atomic mass is 19.1. The van der Waals surface area contributed by atoms with Crippen molar-refractivity contribution >= 4 is 11.9 Å². The van der Waals surface area contributed by atoms with E-state index in [0.29, 0.717) is 0 Å². The molecule has 1 unspecified atom stereocenters. The van der Waals surface area contributed by atoms with Crippen molar-refractivity contribution in [1.82, 2.24) is 4.90 Å². The van der Waals surface area contributed by atoms with Crippen molar-refractivity contribution in [3.63, 3.8) is 0 Å². The van der Waals surface area contributed by atoms with Gasteiger partial charge < -0.3 is 19.5 Å². The van der Waals surface area contributed by atoms with Gasteiger partial charge in [0.25, 0.3) is 5.91 Å². The lowest BCUT2D eigenvalue weighted by atomic mass is 10.1. The van der Waals surface area contributed by atoms with Crippen LogP contribution in [0.5, 0.6) is 5.75 Å². The number of amides is 1. The SMILES string of the molecule is COc1ccc(C(=O)N2CCOC(C(=O)O)C2)cc1F. The summed E-state index contributed by atoms with van der Waals surface area (Å²) in [4.78, 5) is 24.4. The molecule has 108 valence electrons. The largest absolute Gasteiger partial charge is 0.494 e. The number of benzene rings is 1. The first-order valence-corrected chi connectivity index (χ1v) is 6.00. The Balaban J connectivity index is 2.14. The minimum atomic E-state index is -1.12. The number of halogens is 1. The summed E-state index contributed by atoms with van der Waals surface area (Å²) in [6.07, 6.45) is -1.05. The maximum Gasteiger partial charge on any atom is 0.334 e. The van der Waals surface area contributed by atoms with E-state index in [1.807, 2.05) is 0 Å². The zero-order valence-corrected chi connectivity index (χ0v) is 10.8. The van der Waals surface area contributed by atoms with E-state index in [4.69, 9.17) is 14.6 Å². The first-order valence-electron chi connectivity index (χ1n) is 6.00. The average molecular weight is 283 g/mol. The van der Waals surface area contributed by atoms with Crippen LogP contribution in [-0.2, 0) is 9.53 Å². The molecule has 1 aliphatic rings. The van der Waals surface area contributed by atoms with Crippen LogP contribution in [0.15, 0.2) is 18.2 Å². The highest BCUT2D eigenvalue weighted by Gasteiger charge is 2.29. The maximum absolute atomic E-state index is 13.6. The summed E-state index contributed by atoms with van der Waals surface area (Å²) in [7, 11) is 1.33. The van der Waals surface area contributed by atoms with Crippen molar-refractivity contribution in [2.24, 2.45) is 0 Å². The molecule has 0 saturated carbocycles.